The third kappa shape index (κ3) is 4.41. The Morgan fingerprint density at radius 3 is 2.36 bits per heavy atom. The van der Waals surface area contributed by atoms with Crippen molar-refractivity contribution in [3.8, 4) is 11.5 Å². The predicted octanol–water partition coefficient (Wildman–Crippen LogP) is 3.47. The lowest BCUT2D eigenvalue weighted by molar-refractivity contribution is 0.104. The van der Waals surface area contributed by atoms with Gasteiger partial charge in [0.05, 0.1) is 24.0 Å². The second-order valence-corrected chi connectivity index (χ2v) is 8.74. The predicted molar refractivity (Wildman–Crippen MR) is 108 cm³/mol. The quantitative estimate of drug-likeness (QED) is 0.568. The molecule has 0 unspecified atom stereocenters. The van der Waals surface area contributed by atoms with Gasteiger partial charge >= 0.3 is 0 Å². The van der Waals surface area contributed by atoms with E-state index in [4.69, 9.17) is 9.47 Å². The Balaban J connectivity index is 1.72. The molecule has 6 nitrogen and oxygen atoms in total. The first kappa shape index (κ1) is 20.1. The maximum Gasteiger partial charge on any atom is 0.241 e. The smallest absolute Gasteiger partial charge is 0.241 e. The number of benzene rings is 2. The number of rotatable bonds is 8. The second kappa shape index (κ2) is 8.55. The van der Waals surface area contributed by atoms with Gasteiger partial charge in [-0.2, -0.15) is 0 Å². The van der Waals surface area contributed by atoms with E-state index in [0.29, 0.717) is 21.9 Å². The molecule has 1 heterocycles. The van der Waals surface area contributed by atoms with Gasteiger partial charge in [-0.05, 0) is 24.3 Å². The lowest BCUT2D eigenvalue weighted by atomic mass is 10.1. The Morgan fingerprint density at radius 1 is 0.964 bits per heavy atom. The van der Waals surface area contributed by atoms with Gasteiger partial charge in [0.1, 0.15) is 0 Å². The zero-order chi connectivity index (χ0) is 20.1. The Bertz CT molecular complexity index is 1070. The molecule has 2 aromatic carbocycles. The molecule has 3 rings (SSSR count). The Morgan fingerprint density at radius 2 is 1.68 bits per heavy atom. The summed E-state index contributed by atoms with van der Waals surface area (Å²) in [6.45, 7) is 0.0867. The van der Waals surface area contributed by atoms with Crippen LogP contribution in [0.1, 0.15) is 20.1 Å². The van der Waals surface area contributed by atoms with Gasteiger partial charge in [0.2, 0.25) is 15.8 Å². The van der Waals surface area contributed by atoms with Crippen molar-refractivity contribution >= 4 is 27.1 Å². The van der Waals surface area contributed by atoms with Crippen LogP contribution in [0, 0.1) is 0 Å². The number of nitrogens with one attached hydrogen (secondary N) is 1. The lowest BCUT2D eigenvalue weighted by Gasteiger charge is -2.10. The molecule has 1 aromatic heterocycles. The summed E-state index contributed by atoms with van der Waals surface area (Å²) in [7, 11) is -0.818. The number of carbonyl (C=O) groups is 1. The van der Waals surface area contributed by atoms with Gasteiger partial charge in [-0.15, -0.1) is 11.3 Å². The van der Waals surface area contributed by atoms with Crippen molar-refractivity contribution in [1.82, 2.24) is 4.72 Å². The number of thiophene rings is 1. The minimum absolute atomic E-state index is 0.0716. The van der Waals surface area contributed by atoms with Crippen LogP contribution in [-0.2, 0) is 16.6 Å². The van der Waals surface area contributed by atoms with Crippen LogP contribution in [0.25, 0.3) is 0 Å². The van der Waals surface area contributed by atoms with Crippen molar-refractivity contribution in [3.63, 3.8) is 0 Å². The molecule has 0 atom stereocenters. The maximum absolute atomic E-state index is 12.6. The molecule has 0 aliphatic carbocycles. The van der Waals surface area contributed by atoms with E-state index < -0.39 is 10.0 Å². The fraction of sp³-hybridized carbons (Fsp3) is 0.150. The minimum atomic E-state index is -3.74. The maximum atomic E-state index is 12.6. The minimum Gasteiger partial charge on any atom is -0.493 e. The monoisotopic (exact) mass is 417 g/mol. The standard InChI is InChI=1S/C20H19NO5S2/c1-25-17-10-9-16(12-18(17)26-2)28(23,24)21-13-15-8-11-19(27-15)20(22)14-6-4-3-5-7-14/h3-12,21H,13H2,1-2H3. The normalized spacial score (nSPS) is 11.2. The van der Waals surface area contributed by atoms with Gasteiger partial charge in [-0.1, -0.05) is 30.3 Å². The van der Waals surface area contributed by atoms with Crippen LogP contribution >= 0.6 is 11.3 Å². The summed E-state index contributed by atoms with van der Waals surface area (Å²) in [5.41, 5.74) is 0.599. The first-order valence-electron chi connectivity index (χ1n) is 8.35. The molecule has 28 heavy (non-hydrogen) atoms. The topological polar surface area (TPSA) is 81.7 Å². The summed E-state index contributed by atoms with van der Waals surface area (Å²) in [4.78, 5) is 13.8. The van der Waals surface area contributed by atoms with Gasteiger partial charge in [-0.25, -0.2) is 13.1 Å². The molecular formula is C20H19NO5S2. The SMILES string of the molecule is COc1ccc(S(=O)(=O)NCc2ccc(C(=O)c3ccccc3)s2)cc1OC. The van der Waals surface area contributed by atoms with Crippen LogP contribution in [0.2, 0.25) is 0 Å². The molecule has 1 N–H and O–H groups in total. The summed E-state index contributed by atoms with van der Waals surface area (Å²) in [5.74, 6) is 0.695. The summed E-state index contributed by atoms with van der Waals surface area (Å²) in [6, 6.07) is 16.8. The Labute approximate surface area is 167 Å². The summed E-state index contributed by atoms with van der Waals surface area (Å²) in [5, 5.41) is 0. The second-order valence-electron chi connectivity index (χ2n) is 5.80. The third-order valence-corrected chi connectivity index (χ3v) is 6.51. The van der Waals surface area contributed by atoms with Crippen LogP contribution in [-0.4, -0.2) is 28.4 Å². The molecule has 0 saturated carbocycles. The number of hydrogen-bond donors (Lipinski definition) is 1. The van der Waals surface area contributed by atoms with Crippen LogP contribution in [0.3, 0.4) is 0 Å². The van der Waals surface area contributed by atoms with E-state index >= 15 is 0 Å². The number of sulfonamides is 1. The van der Waals surface area contributed by atoms with E-state index in [9.17, 15) is 13.2 Å². The lowest BCUT2D eigenvalue weighted by Crippen LogP contribution is -2.22. The highest BCUT2D eigenvalue weighted by Crippen LogP contribution is 2.29. The van der Waals surface area contributed by atoms with E-state index in [1.165, 1.54) is 43.8 Å². The average molecular weight is 418 g/mol. The van der Waals surface area contributed by atoms with Gasteiger partial charge in [-0.3, -0.25) is 4.79 Å². The zero-order valence-electron chi connectivity index (χ0n) is 15.3. The van der Waals surface area contributed by atoms with Crippen molar-refractivity contribution in [2.75, 3.05) is 14.2 Å². The Hall–Kier alpha value is -2.68. The van der Waals surface area contributed by atoms with Crippen LogP contribution in [0.5, 0.6) is 11.5 Å². The molecule has 8 heteroatoms. The molecular weight excluding hydrogens is 398 g/mol. The van der Waals surface area contributed by atoms with E-state index in [2.05, 4.69) is 4.72 Å². The van der Waals surface area contributed by atoms with E-state index in [0.717, 1.165) is 4.88 Å². The van der Waals surface area contributed by atoms with E-state index in [1.807, 2.05) is 6.07 Å². The highest BCUT2D eigenvalue weighted by atomic mass is 32.2. The van der Waals surface area contributed by atoms with Crippen LogP contribution in [0.4, 0.5) is 0 Å². The van der Waals surface area contributed by atoms with Gasteiger partial charge in [0.15, 0.2) is 11.5 Å². The Kier molecular flexibility index (Phi) is 6.13. The zero-order valence-corrected chi connectivity index (χ0v) is 17.0. The van der Waals surface area contributed by atoms with Crippen molar-refractivity contribution in [2.24, 2.45) is 0 Å². The van der Waals surface area contributed by atoms with E-state index in [-0.39, 0.29) is 17.2 Å². The summed E-state index contributed by atoms with van der Waals surface area (Å²) < 4.78 is 38.0. The summed E-state index contributed by atoms with van der Waals surface area (Å²) in [6.07, 6.45) is 0. The molecule has 3 aromatic rings. The number of methoxy groups -OCH3 is 2. The number of ether oxygens (including phenoxy) is 2. The number of carbonyl (C=O) groups excluding carboxylic acids is 1. The van der Waals surface area contributed by atoms with Crippen molar-refractivity contribution < 1.29 is 22.7 Å². The van der Waals surface area contributed by atoms with Gasteiger partial charge in [0.25, 0.3) is 0 Å². The highest BCUT2D eigenvalue weighted by molar-refractivity contribution is 7.89. The fourth-order valence-corrected chi connectivity index (χ4v) is 4.58. The van der Waals surface area contributed by atoms with Crippen LogP contribution < -0.4 is 14.2 Å². The highest BCUT2D eigenvalue weighted by Gasteiger charge is 2.18. The van der Waals surface area contributed by atoms with Gasteiger partial charge < -0.3 is 9.47 Å². The fourth-order valence-electron chi connectivity index (χ4n) is 2.56. The molecule has 0 radical (unpaired) electrons. The van der Waals surface area contributed by atoms with Crippen molar-refractivity contribution in [3.05, 3.63) is 76.0 Å². The largest absolute Gasteiger partial charge is 0.493 e. The average Bonchev–Trinajstić information content (AvgIpc) is 3.21. The van der Waals surface area contributed by atoms with E-state index in [1.54, 1.807) is 36.4 Å². The van der Waals surface area contributed by atoms with Crippen LogP contribution in [0.15, 0.2) is 65.6 Å². The van der Waals surface area contributed by atoms with Crippen molar-refractivity contribution in [2.45, 2.75) is 11.4 Å². The molecule has 146 valence electrons. The first-order chi connectivity index (χ1) is 13.4. The molecule has 0 amide bonds. The molecule has 0 spiro atoms. The molecule has 0 aliphatic heterocycles. The first-order valence-corrected chi connectivity index (χ1v) is 10.6. The van der Waals surface area contributed by atoms with Crippen molar-refractivity contribution in [1.29, 1.82) is 0 Å². The number of ketones is 1. The number of hydrogen-bond acceptors (Lipinski definition) is 6. The molecule has 0 saturated heterocycles. The molecule has 0 bridgehead atoms. The molecule has 0 aliphatic rings. The summed E-state index contributed by atoms with van der Waals surface area (Å²) >= 11 is 1.26. The third-order valence-electron chi connectivity index (χ3n) is 4.02. The van der Waals surface area contributed by atoms with Gasteiger partial charge in [0, 0.05) is 23.1 Å². The molecule has 0 fully saturated rings.